The molecule has 3 aromatic rings. The van der Waals surface area contributed by atoms with Crippen LogP contribution in [0.4, 0.5) is 5.13 Å². The van der Waals surface area contributed by atoms with Gasteiger partial charge in [-0.05, 0) is 43.6 Å². The third-order valence-electron chi connectivity index (χ3n) is 5.54. The summed E-state index contributed by atoms with van der Waals surface area (Å²) in [5.74, 6) is 0.755. The first kappa shape index (κ1) is 16.2. The Balaban J connectivity index is 1.39. The lowest BCUT2D eigenvalue weighted by atomic mass is 10.1. The van der Waals surface area contributed by atoms with Crippen LogP contribution < -0.4 is 4.90 Å². The van der Waals surface area contributed by atoms with Crippen molar-refractivity contribution in [1.29, 1.82) is 0 Å². The molecule has 134 valence electrons. The van der Waals surface area contributed by atoms with Crippen LogP contribution in [-0.2, 0) is 0 Å². The van der Waals surface area contributed by atoms with Crippen molar-refractivity contribution in [2.24, 2.45) is 5.92 Å². The summed E-state index contributed by atoms with van der Waals surface area (Å²) in [6.07, 6.45) is 4.93. The maximum absolute atomic E-state index is 6.53. The van der Waals surface area contributed by atoms with E-state index in [4.69, 9.17) is 11.6 Å². The number of nitrogens with zero attached hydrogens (tertiary/aromatic N) is 5. The van der Waals surface area contributed by atoms with Gasteiger partial charge in [0, 0.05) is 36.5 Å². The molecule has 0 spiro atoms. The average molecular weight is 387 g/mol. The third-order valence-corrected chi connectivity index (χ3v) is 6.87. The van der Waals surface area contributed by atoms with Crippen molar-refractivity contribution < 1.29 is 0 Å². The van der Waals surface area contributed by atoms with E-state index in [2.05, 4.69) is 37.2 Å². The average Bonchev–Trinajstić information content (AvgIpc) is 3.41. The molecule has 0 amide bonds. The van der Waals surface area contributed by atoms with Crippen LogP contribution >= 0.6 is 22.9 Å². The number of likely N-dealkylation sites (N-methyl/N-ethyl adjacent to an activating group) is 1. The zero-order valence-corrected chi connectivity index (χ0v) is 16.0. The Morgan fingerprint density at radius 3 is 2.92 bits per heavy atom. The van der Waals surface area contributed by atoms with Crippen molar-refractivity contribution in [3.05, 3.63) is 35.6 Å². The van der Waals surface area contributed by atoms with Gasteiger partial charge in [-0.15, -0.1) is 10.2 Å². The number of anilines is 1. The Kier molecular flexibility index (Phi) is 3.95. The number of likely N-dealkylation sites (tertiary alicyclic amines) is 1. The van der Waals surface area contributed by atoms with E-state index in [0.717, 1.165) is 45.8 Å². The van der Waals surface area contributed by atoms with E-state index in [9.17, 15) is 0 Å². The monoisotopic (exact) mass is 386 g/mol. The zero-order valence-electron chi connectivity index (χ0n) is 14.4. The number of halogens is 1. The maximum Gasteiger partial charge on any atom is 0.208 e. The highest BCUT2D eigenvalue weighted by atomic mass is 35.5. The first-order valence-electron chi connectivity index (χ1n) is 8.77. The molecule has 0 saturated carbocycles. The zero-order chi connectivity index (χ0) is 17.7. The van der Waals surface area contributed by atoms with E-state index in [-0.39, 0.29) is 0 Å². The van der Waals surface area contributed by atoms with Gasteiger partial charge in [0.15, 0.2) is 5.01 Å². The highest BCUT2D eigenvalue weighted by molar-refractivity contribution is 7.18. The molecule has 0 aliphatic carbocycles. The molecular weight excluding hydrogens is 368 g/mol. The number of rotatable bonds is 3. The van der Waals surface area contributed by atoms with Gasteiger partial charge in [0.1, 0.15) is 0 Å². The number of hydrogen-bond acceptors (Lipinski definition) is 6. The second-order valence-electron chi connectivity index (χ2n) is 7.07. The van der Waals surface area contributed by atoms with E-state index < -0.39 is 0 Å². The topological polar surface area (TPSA) is 60.9 Å². The van der Waals surface area contributed by atoms with Gasteiger partial charge < -0.3 is 9.80 Å². The minimum Gasteiger partial charge on any atom is -0.345 e. The first-order chi connectivity index (χ1) is 12.7. The highest BCUT2D eigenvalue weighted by Gasteiger charge is 2.40. The first-order valence-corrected chi connectivity index (χ1v) is 9.96. The molecule has 2 aliphatic rings. The lowest BCUT2D eigenvalue weighted by Crippen LogP contribution is -2.32. The van der Waals surface area contributed by atoms with Crippen LogP contribution in [-0.4, -0.2) is 58.0 Å². The van der Waals surface area contributed by atoms with Crippen LogP contribution in [0.1, 0.15) is 6.42 Å². The normalized spacial score (nSPS) is 22.9. The summed E-state index contributed by atoms with van der Waals surface area (Å²) in [5.41, 5.74) is 2.98. The Morgan fingerprint density at radius 2 is 2.15 bits per heavy atom. The second kappa shape index (κ2) is 6.33. The molecular formula is C18H19ClN6S. The number of nitrogens with one attached hydrogen (secondary N) is 1. The van der Waals surface area contributed by atoms with Gasteiger partial charge in [-0.3, -0.25) is 5.10 Å². The van der Waals surface area contributed by atoms with Crippen LogP contribution in [0, 0.1) is 5.92 Å². The number of fused-ring (bicyclic) bond motifs is 1. The van der Waals surface area contributed by atoms with E-state index in [1.165, 1.54) is 13.0 Å². The van der Waals surface area contributed by atoms with Crippen LogP contribution in [0.15, 0.2) is 30.6 Å². The fraction of sp³-hybridized carbons (Fsp3) is 0.389. The van der Waals surface area contributed by atoms with E-state index in [1.54, 1.807) is 17.5 Å². The van der Waals surface area contributed by atoms with Gasteiger partial charge in [0.05, 0.1) is 11.2 Å². The van der Waals surface area contributed by atoms with Crippen molar-refractivity contribution >= 4 is 28.1 Å². The van der Waals surface area contributed by atoms with Gasteiger partial charge in [-0.25, -0.2) is 0 Å². The van der Waals surface area contributed by atoms with Crippen molar-refractivity contribution in [2.75, 3.05) is 31.6 Å². The molecule has 2 atom stereocenters. The molecule has 26 heavy (non-hydrogen) atoms. The minimum atomic E-state index is 0.653. The third kappa shape index (κ3) is 2.71. The van der Waals surface area contributed by atoms with Gasteiger partial charge in [0.25, 0.3) is 0 Å². The smallest absolute Gasteiger partial charge is 0.208 e. The molecule has 5 rings (SSSR count). The molecule has 2 fully saturated rings. The van der Waals surface area contributed by atoms with Gasteiger partial charge >= 0.3 is 0 Å². The van der Waals surface area contributed by atoms with Crippen molar-refractivity contribution in [3.8, 4) is 21.7 Å². The Hall–Kier alpha value is -1.96. The van der Waals surface area contributed by atoms with Gasteiger partial charge in [-0.1, -0.05) is 29.0 Å². The van der Waals surface area contributed by atoms with Crippen molar-refractivity contribution in [1.82, 2.24) is 25.3 Å². The van der Waals surface area contributed by atoms with E-state index >= 15 is 0 Å². The van der Waals surface area contributed by atoms with E-state index in [1.807, 2.05) is 24.4 Å². The summed E-state index contributed by atoms with van der Waals surface area (Å²) in [4.78, 5) is 4.85. The standard InChI is InChI=1S/C18H19ClN6S/c1-24-5-4-12-9-25(10-16(12)24)18-23-22-17(26-18)14-3-2-11(6-15(14)19)13-7-20-21-8-13/h2-3,6-8,12,16H,4-5,9-10H2,1H3,(H,20,21). The Morgan fingerprint density at radius 1 is 1.23 bits per heavy atom. The molecule has 2 unspecified atom stereocenters. The van der Waals surface area contributed by atoms with Gasteiger partial charge in [-0.2, -0.15) is 5.10 Å². The van der Waals surface area contributed by atoms with Crippen LogP contribution in [0.5, 0.6) is 0 Å². The number of aromatic amines is 1. The quantitative estimate of drug-likeness (QED) is 0.747. The fourth-order valence-electron chi connectivity index (χ4n) is 4.06. The number of hydrogen-bond donors (Lipinski definition) is 1. The lowest BCUT2D eigenvalue weighted by molar-refractivity contribution is 0.310. The summed E-state index contributed by atoms with van der Waals surface area (Å²) in [6.45, 7) is 3.34. The number of aromatic nitrogens is 4. The fourth-order valence-corrected chi connectivity index (χ4v) is 5.29. The van der Waals surface area contributed by atoms with Crippen LogP contribution in [0.3, 0.4) is 0 Å². The predicted molar refractivity (Wildman–Crippen MR) is 105 cm³/mol. The molecule has 6 nitrogen and oxygen atoms in total. The van der Waals surface area contributed by atoms with Crippen LogP contribution in [0.2, 0.25) is 5.02 Å². The summed E-state index contributed by atoms with van der Waals surface area (Å²) >= 11 is 8.16. The molecule has 0 radical (unpaired) electrons. The lowest BCUT2D eigenvalue weighted by Gasteiger charge is -2.19. The molecule has 4 heterocycles. The molecule has 2 aromatic heterocycles. The minimum absolute atomic E-state index is 0.653. The predicted octanol–water partition coefficient (Wildman–Crippen LogP) is 3.39. The van der Waals surface area contributed by atoms with Crippen LogP contribution in [0.25, 0.3) is 21.7 Å². The van der Waals surface area contributed by atoms with E-state index in [0.29, 0.717) is 11.1 Å². The molecule has 0 bridgehead atoms. The maximum atomic E-state index is 6.53. The SMILES string of the molecule is CN1CCC2CN(c3nnc(-c4ccc(-c5cn[nH]c5)cc4Cl)s3)CC21. The molecule has 2 saturated heterocycles. The molecule has 1 aromatic carbocycles. The molecule has 1 N–H and O–H groups in total. The van der Waals surface area contributed by atoms with Crippen molar-refractivity contribution in [3.63, 3.8) is 0 Å². The number of benzene rings is 1. The summed E-state index contributed by atoms with van der Waals surface area (Å²) in [7, 11) is 2.22. The van der Waals surface area contributed by atoms with Crippen molar-refractivity contribution in [2.45, 2.75) is 12.5 Å². The second-order valence-corrected chi connectivity index (χ2v) is 8.44. The van der Waals surface area contributed by atoms with Gasteiger partial charge in [0.2, 0.25) is 5.13 Å². The largest absolute Gasteiger partial charge is 0.345 e. The summed E-state index contributed by atoms with van der Waals surface area (Å²) < 4.78 is 0. The summed E-state index contributed by atoms with van der Waals surface area (Å²) in [6, 6.07) is 6.67. The Bertz CT molecular complexity index is 924. The number of H-pyrrole nitrogens is 1. The molecule has 2 aliphatic heterocycles. The summed E-state index contributed by atoms with van der Waals surface area (Å²) in [5, 5.41) is 18.2. The highest BCUT2D eigenvalue weighted by Crippen LogP contribution is 2.38. The Labute approximate surface area is 160 Å². The molecule has 8 heteroatoms.